The van der Waals surface area contributed by atoms with Crippen LogP contribution in [0, 0.1) is 5.92 Å². The van der Waals surface area contributed by atoms with Gasteiger partial charge in [-0.05, 0) is 44.5 Å². The number of hydrogen-bond donors (Lipinski definition) is 1. The highest BCUT2D eigenvalue weighted by molar-refractivity contribution is 7.99. The first kappa shape index (κ1) is 12.3. The van der Waals surface area contributed by atoms with Crippen molar-refractivity contribution in [1.29, 1.82) is 0 Å². The lowest BCUT2D eigenvalue weighted by Crippen LogP contribution is -2.40. The summed E-state index contributed by atoms with van der Waals surface area (Å²) in [5, 5.41) is 0. The highest BCUT2D eigenvalue weighted by atomic mass is 32.2. The number of nitrogens with zero attached hydrogens (tertiary/aromatic N) is 1. The zero-order valence-electron chi connectivity index (χ0n) is 9.54. The Morgan fingerprint density at radius 3 is 2.57 bits per heavy atom. The molecule has 1 fully saturated rings. The molecule has 0 aromatic heterocycles. The van der Waals surface area contributed by atoms with E-state index in [0.717, 1.165) is 5.92 Å². The number of piperidine rings is 1. The van der Waals surface area contributed by atoms with Crippen LogP contribution in [0.2, 0.25) is 0 Å². The highest BCUT2D eigenvalue weighted by Gasteiger charge is 2.21. The van der Waals surface area contributed by atoms with Gasteiger partial charge in [-0.2, -0.15) is 11.8 Å². The van der Waals surface area contributed by atoms with Crippen molar-refractivity contribution < 1.29 is 0 Å². The van der Waals surface area contributed by atoms with E-state index in [1.165, 1.54) is 44.0 Å². The van der Waals surface area contributed by atoms with Crippen molar-refractivity contribution in [2.45, 2.75) is 32.7 Å². The summed E-state index contributed by atoms with van der Waals surface area (Å²) in [5.74, 6) is 3.31. The molecule has 1 saturated heterocycles. The van der Waals surface area contributed by atoms with E-state index in [1.54, 1.807) is 0 Å². The van der Waals surface area contributed by atoms with E-state index >= 15 is 0 Å². The molecule has 1 aliphatic heterocycles. The Kier molecular flexibility index (Phi) is 5.90. The van der Waals surface area contributed by atoms with E-state index in [2.05, 4.69) is 18.7 Å². The third-order valence-electron chi connectivity index (χ3n) is 3.13. The summed E-state index contributed by atoms with van der Waals surface area (Å²) in [7, 11) is 0. The predicted molar refractivity (Wildman–Crippen MR) is 65.8 cm³/mol. The van der Waals surface area contributed by atoms with E-state index in [0.29, 0.717) is 6.04 Å². The fourth-order valence-electron chi connectivity index (χ4n) is 2.04. The Balaban J connectivity index is 2.09. The lowest BCUT2D eigenvalue weighted by molar-refractivity contribution is 0.181. The van der Waals surface area contributed by atoms with Crippen LogP contribution >= 0.6 is 11.8 Å². The quantitative estimate of drug-likeness (QED) is 0.711. The van der Waals surface area contributed by atoms with E-state index in [9.17, 15) is 0 Å². The lowest BCUT2D eigenvalue weighted by atomic mass is 9.91. The molecular formula is C11H24N2S. The number of nitrogens with two attached hydrogens (primary N) is 1. The zero-order chi connectivity index (χ0) is 10.4. The van der Waals surface area contributed by atoms with Gasteiger partial charge in [-0.25, -0.2) is 0 Å². The molecule has 1 unspecified atom stereocenters. The Morgan fingerprint density at radius 2 is 2.07 bits per heavy atom. The van der Waals surface area contributed by atoms with Gasteiger partial charge in [-0.3, -0.25) is 0 Å². The Labute approximate surface area is 92.6 Å². The summed E-state index contributed by atoms with van der Waals surface area (Å²) < 4.78 is 0. The molecule has 0 bridgehead atoms. The molecule has 84 valence electrons. The van der Waals surface area contributed by atoms with Crippen LogP contribution in [0.25, 0.3) is 0 Å². The molecule has 1 heterocycles. The van der Waals surface area contributed by atoms with Crippen LogP contribution in [0.3, 0.4) is 0 Å². The maximum atomic E-state index is 5.91. The minimum Gasteiger partial charge on any atom is -0.328 e. The first-order valence-corrected chi connectivity index (χ1v) is 6.95. The average molecular weight is 216 g/mol. The van der Waals surface area contributed by atoms with Crippen molar-refractivity contribution in [1.82, 2.24) is 4.90 Å². The molecule has 3 heteroatoms. The number of rotatable bonds is 5. The second kappa shape index (κ2) is 6.70. The van der Waals surface area contributed by atoms with Crippen LogP contribution in [0.5, 0.6) is 0 Å². The van der Waals surface area contributed by atoms with Gasteiger partial charge in [0.15, 0.2) is 0 Å². The Hall–Kier alpha value is 0.270. The van der Waals surface area contributed by atoms with E-state index < -0.39 is 0 Å². The highest BCUT2D eigenvalue weighted by Crippen LogP contribution is 2.19. The van der Waals surface area contributed by atoms with E-state index in [4.69, 9.17) is 5.73 Å². The number of hydrogen-bond acceptors (Lipinski definition) is 3. The summed E-state index contributed by atoms with van der Waals surface area (Å²) in [4.78, 5) is 2.58. The summed E-state index contributed by atoms with van der Waals surface area (Å²) in [6.07, 6.45) is 2.60. The third kappa shape index (κ3) is 4.20. The van der Waals surface area contributed by atoms with Crippen LogP contribution in [-0.4, -0.2) is 42.1 Å². The Morgan fingerprint density at radius 1 is 1.43 bits per heavy atom. The SMILES string of the molecule is CCSCCN1CCC(C(C)N)CC1. The van der Waals surface area contributed by atoms with E-state index in [1.807, 2.05) is 11.8 Å². The van der Waals surface area contributed by atoms with Gasteiger partial charge in [0, 0.05) is 18.3 Å². The van der Waals surface area contributed by atoms with Crippen LogP contribution in [0.4, 0.5) is 0 Å². The van der Waals surface area contributed by atoms with Crippen molar-refractivity contribution in [2.24, 2.45) is 11.7 Å². The minimum atomic E-state index is 0.391. The van der Waals surface area contributed by atoms with Crippen molar-refractivity contribution >= 4 is 11.8 Å². The topological polar surface area (TPSA) is 29.3 Å². The molecule has 0 aromatic rings. The molecule has 1 atom stereocenters. The normalized spacial score (nSPS) is 22.5. The number of likely N-dealkylation sites (tertiary alicyclic amines) is 1. The molecule has 0 radical (unpaired) electrons. The van der Waals surface area contributed by atoms with E-state index in [-0.39, 0.29) is 0 Å². The van der Waals surface area contributed by atoms with Crippen molar-refractivity contribution in [3.8, 4) is 0 Å². The van der Waals surface area contributed by atoms with Crippen LogP contribution < -0.4 is 5.73 Å². The molecule has 1 aliphatic rings. The molecule has 0 amide bonds. The molecule has 2 nitrogen and oxygen atoms in total. The summed E-state index contributed by atoms with van der Waals surface area (Å²) >= 11 is 2.04. The molecule has 0 aromatic carbocycles. The maximum absolute atomic E-state index is 5.91. The first-order chi connectivity index (χ1) is 6.74. The summed E-state index contributed by atoms with van der Waals surface area (Å²) in [5.41, 5.74) is 5.91. The molecular weight excluding hydrogens is 192 g/mol. The van der Waals surface area contributed by atoms with Crippen molar-refractivity contribution in [2.75, 3.05) is 31.1 Å². The third-order valence-corrected chi connectivity index (χ3v) is 4.01. The fraction of sp³-hybridized carbons (Fsp3) is 1.00. The molecule has 0 spiro atoms. The second-order valence-corrected chi connectivity index (χ2v) is 5.63. The van der Waals surface area contributed by atoms with Gasteiger partial charge in [-0.1, -0.05) is 6.92 Å². The summed E-state index contributed by atoms with van der Waals surface area (Å²) in [6.45, 7) is 8.16. The van der Waals surface area contributed by atoms with Gasteiger partial charge in [0.1, 0.15) is 0 Å². The minimum absolute atomic E-state index is 0.391. The van der Waals surface area contributed by atoms with Gasteiger partial charge in [0.25, 0.3) is 0 Å². The smallest absolute Gasteiger partial charge is 0.00723 e. The molecule has 14 heavy (non-hydrogen) atoms. The van der Waals surface area contributed by atoms with Gasteiger partial charge in [0.2, 0.25) is 0 Å². The fourth-order valence-corrected chi connectivity index (χ4v) is 2.72. The largest absolute Gasteiger partial charge is 0.328 e. The van der Waals surface area contributed by atoms with Crippen molar-refractivity contribution in [3.63, 3.8) is 0 Å². The van der Waals surface area contributed by atoms with Crippen molar-refractivity contribution in [3.05, 3.63) is 0 Å². The predicted octanol–water partition coefficient (Wildman–Crippen LogP) is 1.80. The molecule has 1 rings (SSSR count). The Bertz CT molecular complexity index is 142. The van der Waals surface area contributed by atoms with Gasteiger partial charge in [-0.15, -0.1) is 0 Å². The van der Waals surface area contributed by atoms with Crippen LogP contribution in [0.1, 0.15) is 26.7 Å². The van der Waals surface area contributed by atoms with Gasteiger partial charge in [0.05, 0.1) is 0 Å². The second-order valence-electron chi connectivity index (χ2n) is 4.24. The zero-order valence-corrected chi connectivity index (χ0v) is 10.4. The average Bonchev–Trinajstić information content (AvgIpc) is 2.19. The molecule has 2 N–H and O–H groups in total. The summed E-state index contributed by atoms with van der Waals surface area (Å²) in [6, 6.07) is 0.391. The number of thioether (sulfide) groups is 1. The molecule has 0 aliphatic carbocycles. The monoisotopic (exact) mass is 216 g/mol. The standard InChI is InChI=1S/C11H24N2S/c1-3-14-9-8-13-6-4-11(5-7-13)10(2)12/h10-11H,3-9,12H2,1-2H3. The van der Waals surface area contributed by atoms with Gasteiger partial charge >= 0.3 is 0 Å². The maximum Gasteiger partial charge on any atom is 0.00723 e. The van der Waals surface area contributed by atoms with Crippen LogP contribution in [-0.2, 0) is 0 Å². The van der Waals surface area contributed by atoms with Gasteiger partial charge < -0.3 is 10.6 Å². The molecule has 0 saturated carbocycles. The van der Waals surface area contributed by atoms with Crippen LogP contribution in [0.15, 0.2) is 0 Å². The first-order valence-electron chi connectivity index (χ1n) is 5.79. The lowest BCUT2D eigenvalue weighted by Gasteiger charge is -2.33.